The highest BCUT2D eigenvalue weighted by atomic mass is 16.2. The van der Waals surface area contributed by atoms with E-state index in [1.807, 2.05) is 11.9 Å². The van der Waals surface area contributed by atoms with Crippen molar-refractivity contribution >= 4 is 5.91 Å². The molecule has 3 heteroatoms. The van der Waals surface area contributed by atoms with Crippen LogP contribution < -0.4 is 5.32 Å². The zero-order valence-corrected chi connectivity index (χ0v) is 11.7. The molecule has 1 aromatic rings. The van der Waals surface area contributed by atoms with Crippen LogP contribution in [0.25, 0.3) is 0 Å². The highest BCUT2D eigenvalue weighted by Gasteiger charge is 2.46. The molecule has 3 rings (SSSR count). The molecule has 0 radical (unpaired) electrons. The summed E-state index contributed by atoms with van der Waals surface area (Å²) in [6.45, 7) is 4.12. The van der Waals surface area contributed by atoms with E-state index in [2.05, 4.69) is 36.5 Å². The quantitative estimate of drug-likeness (QED) is 0.898. The summed E-state index contributed by atoms with van der Waals surface area (Å²) in [6, 6.07) is 8.84. The number of hydrogen-bond acceptors (Lipinski definition) is 2. The molecule has 3 nitrogen and oxygen atoms in total. The summed E-state index contributed by atoms with van der Waals surface area (Å²) in [6.07, 6.45) is 2.11. The lowest BCUT2D eigenvalue weighted by atomic mass is 10.0. The van der Waals surface area contributed by atoms with Gasteiger partial charge in [0.2, 0.25) is 5.91 Å². The van der Waals surface area contributed by atoms with E-state index in [4.69, 9.17) is 0 Å². The molecule has 1 saturated carbocycles. The van der Waals surface area contributed by atoms with Gasteiger partial charge in [-0.05, 0) is 43.4 Å². The Kier molecular flexibility index (Phi) is 3.31. The van der Waals surface area contributed by atoms with Crippen LogP contribution in [-0.4, -0.2) is 37.0 Å². The maximum Gasteiger partial charge on any atom is 0.226 e. The van der Waals surface area contributed by atoms with Gasteiger partial charge in [-0.15, -0.1) is 0 Å². The third-order valence-electron chi connectivity index (χ3n) is 4.63. The van der Waals surface area contributed by atoms with Crippen molar-refractivity contribution in [1.29, 1.82) is 0 Å². The second-order valence-corrected chi connectivity index (χ2v) is 5.90. The topological polar surface area (TPSA) is 32.3 Å². The lowest BCUT2D eigenvalue weighted by molar-refractivity contribution is -0.133. The summed E-state index contributed by atoms with van der Waals surface area (Å²) in [7, 11) is 1.97. The van der Waals surface area contributed by atoms with Gasteiger partial charge in [-0.25, -0.2) is 0 Å². The predicted octanol–water partition coefficient (Wildman–Crippen LogP) is 1.92. The normalized spacial score (nSPS) is 29.3. The maximum absolute atomic E-state index is 12.5. The molecule has 1 aromatic carbocycles. The number of nitrogens with one attached hydrogen (secondary N) is 1. The monoisotopic (exact) mass is 258 g/mol. The van der Waals surface area contributed by atoms with Crippen molar-refractivity contribution in [3.05, 3.63) is 35.4 Å². The second-order valence-electron chi connectivity index (χ2n) is 5.90. The van der Waals surface area contributed by atoms with Crippen LogP contribution in [0.2, 0.25) is 0 Å². The number of likely N-dealkylation sites (N-methyl/N-ethyl adjacent to an activating group) is 1. The Morgan fingerprint density at radius 1 is 1.37 bits per heavy atom. The molecule has 3 atom stereocenters. The highest BCUT2D eigenvalue weighted by molar-refractivity contribution is 5.83. The fourth-order valence-corrected chi connectivity index (χ4v) is 3.23. The van der Waals surface area contributed by atoms with Crippen molar-refractivity contribution in [2.24, 2.45) is 5.92 Å². The minimum Gasteiger partial charge on any atom is -0.341 e. The van der Waals surface area contributed by atoms with Crippen LogP contribution in [0.1, 0.15) is 29.9 Å². The van der Waals surface area contributed by atoms with Crippen LogP contribution in [0.4, 0.5) is 0 Å². The Bertz CT molecular complexity index is 479. The zero-order valence-electron chi connectivity index (χ0n) is 11.7. The minimum atomic E-state index is 0.215. The van der Waals surface area contributed by atoms with Crippen molar-refractivity contribution in [1.82, 2.24) is 10.2 Å². The summed E-state index contributed by atoms with van der Waals surface area (Å²) < 4.78 is 0. The number of hydrogen-bond donors (Lipinski definition) is 1. The number of amides is 1. The van der Waals surface area contributed by atoms with Crippen molar-refractivity contribution in [3.63, 3.8) is 0 Å². The molecule has 1 heterocycles. The Balaban J connectivity index is 1.66. The summed E-state index contributed by atoms with van der Waals surface area (Å²) in [5, 5.41) is 3.33. The van der Waals surface area contributed by atoms with Crippen LogP contribution in [0, 0.1) is 12.8 Å². The molecular formula is C16H22N2O. The minimum absolute atomic E-state index is 0.215. The fraction of sp³-hybridized carbons (Fsp3) is 0.562. The average Bonchev–Trinajstić information content (AvgIpc) is 3.01. The standard InChI is InChI=1S/C16H22N2O/c1-11-5-3-4-6-13(11)14-9-15(14)16(19)18(2)12-7-8-17-10-12/h3-6,12,14-15,17H,7-10H2,1-2H3. The molecule has 2 aliphatic rings. The van der Waals surface area contributed by atoms with Crippen LogP contribution in [-0.2, 0) is 4.79 Å². The van der Waals surface area contributed by atoms with E-state index in [0.29, 0.717) is 17.9 Å². The second kappa shape index (κ2) is 4.97. The molecule has 2 fully saturated rings. The molecule has 0 bridgehead atoms. The molecule has 1 aliphatic carbocycles. The highest BCUT2D eigenvalue weighted by Crippen LogP contribution is 2.49. The van der Waals surface area contributed by atoms with E-state index in [9.17, 15) is 4.79 Å². The lowest BCUT2D eigenvalue weighted by Crippen LogP contribution is -2.39. The summed E-state index contributed by atoms with van der Waals surface area (Å²) in [4.78, 5) is 14.5. The van der Waals surface area contributed by atoms with E-state index in [1.165, 1.54) is 11.1 Å². The van der Waals surface area contributed by atoms with Gasteiger partial charge in [0.15, 0.2) is 0 Å². The van der Waals surface area contributed by atoms with Crippen molar-refractivity contribution in [2.75, 3.05) is 20.1 Å². The van der Waals surface area contributed by atoms with Gasteiger partial charge >= 0.3 is 0 Å². The van der Waals surface area contributed by atoms with E-state index in [-0.39, 0.29) is 5.92 Å². The van der Waals surface area contributed by atoms with Gasteiger partial charge in [-0.2, -0.15) is 0 Å². The van der Waals surface area contributed by atoms with Crippen LogP contribution >= 0.6 is 0 Å². The Labute approximate surface area is 115 Å². The summed E-state index contributed by atoms with van der Waals surface area (Å²) in [5.41, 5.74) is 2.67. The number of benzene rings is 1. The molecule has 102 valence electrons. The van der Waals surface area contributed by atoms with Gasteiger partial charge in [-0.1, -0.05) is 24.3 Å². The molecule has 3 unspecified atom stereocenters. The first-order chi connectivity index (χ1) is 9.18. The van der Waals surface area contributed by atoms with Crippen molar-refractivity contribution in [3.8, 4) is 0 Å². The number of carbonyl (C=O) groups is 1. The van der Waals surface area contributed by atoms with E-state index < -0.39 is 0 Å². The molecule has 1 aliphatic heterocycles. The Hall–Kier alpha value is -1.35. The van der Waals surface area contributed by atoms with Crippen LogP contribution in [0.5, 0.6) is 0 Å². The Morgan fingerprint density at radius 3 is 2.84 bits per heavy atom. The Morgan fingerprint density at radius 2 is 2.16 bits per heavy atom. The van der Waals surface area contributed by atoms with Gasteiger partial charge in [0.25, 0.3) is 0 Å². The fourth-order valence-electron chi connectivity index (χ4n) is 3.23. The zero-order chi connectivity index (χ0) is 13.4. The lowest BCUT2D eigenvalue weighted by Gasteiger charge is -2.24. The van der Waals surface area contributed by atoms with E-state index >= 15 is 0 Å². The maximum atomic E-state index is 12.5. The van der Waals surface area contributed by atoms with Crippen LogP contribution in [0.3, 0.4) is 0 Å². The summed E-state index contributed by atoms with van der Waals surface area (Å²) in [5.74, 6) is 0.999. The number of carbonyl (C=O) groups excluding carboxylic acids is 1. The number of rotatable bonds is 3. The molecule has 1 amide bonds. The average molecular weight is 258 g/mol. The van der Waals surface area contributed by atoms with Gasteiger partial charge in [0.05, 0.1) is 0 Å². The molecule has 1 saturated heterocycles. The molecule has 1 N–H and O–H groups in total. The van der Waals surface area contributed by atoms with E-state index in [1.54, 1.807) is 0 Å². The van der Waals surface area contributed by atoms with Gasteiger partial charge < -0.3 is 10.2 Å². The van der Waals surface area contributed by atoms with Crippen LogP contribution in [0.15, 0.2) is 24.3 Å². The third-order valence-corrected chi connectivity index (χ3v) is 4.63. The van der Waals surface area contributed by atoms with E-state index in [0.717, 1.165) is 25.9 Å². The van der Waals surface area contributed by atoms with Crippen molar-refractivity contribution < 1.29 is 4.79 Å². The molecule has 0 aromatic heterocycles. The smallest absolute Gasteiger partial charge is 0.226 e. The SMILES string of the molecule is Cc1ccccc1C1CC1C(=O)N(C)C1CCNC1. The largest absolute Gasteiger partial charge is 0.341 e. The summed E-state index contributed by atoms with van der Waals surface area (Å²) >= 11 is 0. The first-order valence-corrected chi connectivity index (χ1v) is 7.21. The number of aryl methyl sites for hydroxylation is 1. The predicted molar refractivity (Wildman–Crippen MR) is 76.1 cm³/mol. The van der Waals surface area contributed by atoms with Gasteiger partial charge in [0, 0.05) is 25.6 Å². The molecular weight excluding hydrogens is 236 g/mol. The first-order valence-electron chi connectivity index (χ1n) is 7.21. The number of nitrogens with zero attached hydrogens (tertiary/aromatic N) is 1. The van der Waals surface area contributed by atoms with Crippen molar-refractivity contribution in [2.45, 2.75) is 31.7 Å². The first kappa shape index (κ1) is 12.7. The third kappa shape index (κ3) is 2.39. The molecule has 19 heavy (non-hydrogen) atoms. The van der Waals surface area contributed by atoms with Gasteiger partial charge in [0.1, 0.15) is 0 Å². The molecule has 0 spiro atoms. The van der Waals surface area contributed by atoms with Gasteiger partial charge in [-0.3, -0.25) is 4.79 Å².